The summed E-state index contributed by atoms with van der Waals surface area (Å²) in [5.74, 6) is 0. The third kappa shape index (κ3) is 2.37. The largest absolute Gasteiger partial charge is 0.295 e. The third-order valence-corrected chi connectivity index (χ3v) is 3.13. The fourth-order valence-corrected chi connectivity index (χ4v) is 2.47. The molecule has 1 aliphatic heterocycles. The molecule has 2 nitrogen and oxygen atoms in total. The number of hydrogen-bond donors (Lipinski definition) is 0. The molecule has 1 unspecified atom stereocenters. The Hall–Kier alpha value is -0.890. The standard InChI is InChI=1S/C13H20N2/c1-3-9-15-10-5-8-13(15)12-7-4-6-11(2)14-12/h4,6-7,13H,3,5,8-10H2,1-2H3. The molecule has 2 heterocycles. The van der Waals surface area contributed by atoms with Crippen LogP contribution in [0.5, 0.6) is 0 Å². The molecule has 0 N–H and O–H groups in total. The van der Waals surface area contributed by atoms with Crippen LogP contribution in [0, 0.1) is 6.92 Å². The Morgan fingerprint density at radius 1 is 1.47 bits per heavy atom. The van der Waals surface area contributed by atoms with Crippen LogP contribution in [0.4, 0.5) is 0 Å². The van der Waals surface area contributed by atoms with Gasteiger partial charge >= 0.3 is 0 Å². The fourth-order valence-electron chi connectivity index (χ4n) is 2.47. The van der Waals surface area contributed by atoms with Gasteiger partial charge < -0.3 is 0 Å². The Kier molecular flexibility index (Phi) is 3.37. The lowest BCUT2D eigenvalue weighted by molar-refractivity contribution is 0.253. The number of likely N-dealkylation sites (tertiary alicyclic amines) is 1. The van der Waals surface area contributed by atoms with Gasteiger partial charge in [-0.1, -0.05) is 13.0 Å². The van der Waals surface area contributed by atoms with Crippen molar-refractivity contribution in [1.29, 1.82) is 0 Å². The number of hydrogen-bond acceptors (Lipinski definition) is 2. The highest BCUT2D eigenvalue weighted by Gasteiger charge is 2.25. The van der Waals surface area contributed by atoms with Gasteiger partial charge in [0.25, 0.3) is 0 Å². The van der Waals surface area contributed by atoms with Crippen LogP contribution < -0.4 is 0 Å². The summed E-state index contributed by atoms with van der Waals surface area (Å²) < 4.78 is 0. The average molecular weight is 204 g/mol. The molecule has 0 bridgehead atoms. The summed E-state index contributed by atoms with van der Waals surface area (Å²) in [4.78, 5) is 7.22. The second-order valence-electron chi connectivity index (χ2n) is 4.40. The molecule has 15 heavy (non-hydrogen) atoms. The van der Waals surface area contributed by atoms with Crippen LogP contribution in [0.2, 0.25) is 0 Å². The monoisotopic (exact) mass is 204 g/mol. The van der Waals surface area contributed by atoms with Crippen LogP contribution in [-0.4, -0.2) is 23.0 Å². The van der Waals surface area contributed by atoms with Crippen molar-refractivity contribution >= 4 is 0 Å². The lowest BCUT2D eigenvalue weighted by Crippen LogP contribution is -2.24. The van der Waals surface area contributed by atoms with E-state index in [2.05, 4.69) is 41.9 Å². The predicted octanol–water partition coefficient (Wildman–Crippen LogP) is 2.94. The van der Waals surface area contributed by atoms with Crippen LogP contribution in [-0.2, 0) is 0 Å². The van der Waals surface area contributed by atoms with Gasteiger partial charge in [-0.25, -0.2) is 0 Å². The smallest absolute Gasteiger partial charge is 0.0578 e. The molecule has 1 fully saturated rings. The highest BCUT2D eigenvalue weighted by Crippen LogP contribution is 2.30. The molecular formula is C13H20N2. The van der Waals surface area contributed by atoms with E-state index in [9.17, 15) is 0 Å². The number of nitrogens with zero attached hydrogens (tertiary/aromatic N) is 2. The van der Waals surface area contributed by atoms with Gasteiger partial charge in [0.2, 0.25) is 0 Å². The molecule has 1 aliphatic rings. The second-order valence-corrected chi connectivity index (χ2v) is 4.40. The van der Waals surface area contributed by atoms with Gasteiger partial charge in [0, 0.05) is 5.69 Å². The van der Waals surface area contributed by atoms with Crippen LogP contribution >= 0.6 is 0 Å². The number of pyridine rings is 1. The van der Waals surface area contributed by atoms with E-state index < -0.39 is 0 Å². The van der Waals surface area contributed by atoms with Gasteiger partial charge in [0.15, 0.2) is 0 Å². The molecular weight excluding hydrogens is 184 g/mol. The molecule has 0 saturated carbocycles. The van der Waals surface area contributed by atoms with Crippen LogP contribution in [0.25, 0.3) is 0 Å². The van der Waals surface area contributed by atoms with E-state index in [4.69, 9.17) is 0 Å². The van der Waals surface area contributed by atoms with Crippen LogP contribution in [0.1, 0.15) is 43.6 Å². The molecule has 1 saturated heterocycles. The summed E-state index contributed by atoms with van der Waals surface area (Å²) >= 11 is 0. The fraction of sp³-hybridized carbons (Fsp3) is 0.615. The minimum absolute atomic E-state index is 0.574. The molecule has 2 heteroatoms. The molecule has 82 valence electrons. The van der Waals surface area contributed by atoms with Crippen LogP contribution in [0.3, 0.4) is 0 Å². The van der Waals surface area contributed by atoms with E-state index >= 15 is 0 Å². The first-order chi connectivity index (χ1) is 7.31. The summed E-state index contributed by atoms with van der Waals surface area (Å²) in [6, 6.07) is 6.94. The maximum absolute atomic E-state index is 4.65. The molecule has 0 spiro atoms. The zero-order valence-corrected chi connectivity index (χ0v) is 9.74. The van der Waals surface area contributed by atoms with E-state index in [1.54, 1.807) is 0 Å². The quantitative estimate of drug-likeness (QED) is 0.752. The van der Waals surface area contributed by atoms with Crippen molar-refractivity contribution in [3.63, 3.8) is 0 Å². The van der Waals surface area contributed by atoms with Crippen molar-refractivity contribution in [3.8, 4) is 0 Å². The average Bonchev–Trinajstić information content (AvgIpc) is 2.66. The first-order valence-electron chi connectivity index (χ1n) is 5.99. The SMILES string of the molecule is CCCN1CCCC1c1cccc(C)n1. The van der Waals surface area contributed by atoms with Crippen molar-refractivity contribution in [2.24, 2.45) is 0 Å². The van der Waals surface area contributed by atoms with E-state index in [1.165, 1.54) is 38.0 Å². The molecule has 0 aromatic carbocycles. The van der Waals surface area contributed by atoms with Crippen molar-refractivity contribution in [2.45, 2.75) is 39.2 Å². The molecule has 1 aromatic rings. The Morgan fingerprint density at radius 2 is 2.33 bits per heavy atom. The Balaban J connectivity index is 2.15. The highest BCUT2D eigenvalue weighted by atomic mass is 15.2. The summed E-state index contributed by atoms with van der Waals surface area (Å²) in [5.41, 5.74) is 2.40. The topological polar surface area (TPSA) is 16.1 Å². The van der Waals surface area contributed by atoms with Crippen LogP contribution in [0.15, 0.2) is 18.2 Å². The van der Waals surface area contributed by atoms with Gasteiger partial charge in [-0.05, 0) is 51.4 Å². The summed E-state index contributed by atoms with van der Waals surface area (Å²) in [5, 5.41) is 0. The van der Waals surface area contributed by atoms with E-state index in [-0.39, 0.29) is 0 Å². The predicted molar refractivity (Wildman–Crippen MR) is 62.8 cm³/mol. The van der Waals surface area contributed by atoms with Gasteiger partial charge in [-0.15, -0.1) is 0 Å². The third-order valence-electron chi connectivity index (χ3n) is 3.13. The van der Waals surface area contributed by atoms with E-state index in [0.29, 0.717) is 6.04 Å². The normalized spacial score (nSPS) is 22.1. The van der Waals surface area contributed by atoms with Crippen molar-refractivity contribution < 1.29 is 0 Å². The first kappa shape index (κ1) is 10.6. The minimum Gasteiger partial charge on any atom is -0.295 e. The summed E-state index contributed by atoms with van der Waals surface area (Å²) in [6.45, 7) is 6.77. The molecule has 0 aliphatic carbocycles. The van der Waals surface area contributed by atoms with Gasteiger partial charge in [-0.3, -0.25) is 9.88 Å². The van der Waals surface area contributed by atoms with Crippen molar-refractivity contribution in [3.05, 3.63) is 29.6 Å². The first-order valence-corrected chi connectivity index (χ1v) is 5.99. The number of aryl methyl sites for hydroxylation is 1. The Bertz CT molecular complexity index is 322. The lowest BCUT2D eigenvalue weighted by atomic mass is 10.1. The maximum Gasteiger partial charge on any atom is 0.0578 e. The zero-order valence-electron chi connectivity index (χ0n) is 9.74. The molecule has 1 aromatic heterocycles. The summed E-state index contributed by atoms with van der Waals surface area (Å²) in [7, 11) is 0. The van der Waals surface area contributed by atoms with Crippen molar-refractivity contribution in [1.82, 2.24) is 9.88 Å². The van der Waals surface area contributed by atoms with Gasteiger partial charge in [0.1, 0.15) is 0 Å². The van der Waals surface area contributed by atoms with Gasteiger partial charge in [-0.2, -0.15) is 0 Å². The number of aromatic nitrogens is 1. The van der Waals surface area contributed by atoms with E-state index in [1.807, 2.05) is 0 Å². The van der Waals surface area contributed by atoms with Crippen molar-refractivity contribution in [2.75, 3.05) is 13.1 Å². The molecule has 0 radical (unpaired) electrons. The second kappa shape index (κ2) is 4.75. The number of rotatable bonds is 3. The van der Waals surface area contributed by atoms with E-state index in [0.717, 1.165) is 5.69 Å². The summed E-state index contributed by atoms with van der Waals surface area (Å²) in [6.07, 6.45) is 3.83. The zero-order chi connectivity index (χ0) is 10.7. The molecule has 2 rings (SSSR count). The minimum atomic E-state index is 0.574. The lowest BCUT2D eigenvalue weighted by Gasteiger charge is -2.23. The Morgan fingerprint density at radius 3 is 3.07 bits per heavy atom. The molecule has 1 atom stereocenters. The molecule has 0 amide bonds. The Labute approximate surface area is 92.3 Å². The highest BCUT2D eigenvalue weighted by molar-refractivity contribution is 5.14. The maximum atomic E-state index is 4.65. The van der Waals surface area contributed by atoms with Gasteiger partial charge in [0.05, 0.1) is 11.7 Å².